The highest BCUT2D eigenvalue weighted by Gasteiger charge is 2.13. The van der Waals surface area contributed by atoms with Crippen molar-refractivity contribution in [3.63, 3.8) is 0 Å². The molecule has 0 spiro atoms. The van der Waals surface area contributed by atoms with Gasteiger partial charge >= 0.3 is 0 Å². The maximum Gasteiger partial charge on any atom is 0.194 e. The first kappa shape index (κ1) is 25.6. The fraction of sp³-hybridized carbons (Fsp3) is 0.381. The van der Waals surface area contributed by atoms with Gasteiger partial charge in [0.1, 0.15) is 11.1 Å². The van der Waals surface area contributed by atoms with Crippen LogP contribution < -0.4 is 5.32 Å². The van der Waals surface area contributed by atoms with E-state index in [4.69, 9.17) is 21.3 Å². The maximum atomic E-state index is 5.96. The summed E-state index contributed by atoms with van der Waals surface area (Å²) in [6.45, 7) is 6.05. The van der Waals surface area contributed by atoms with Crippen LogP contribution in [-0.2, 0) is 17.8 Å². The molecule has 2 heterocycles. The summed E-state index contributed by atoms with van der Waals surface area (Å²) in [7, 11) is 3.71. The van der Waals surface area contributed by atoms with Gasteiger partial charge in [-0.15, -0.1) is 35.3 Å². The van der Waals surface area contributed by atoms with Crippen molar-refractivity contribution in [2.75, 3.05) is 20.7 Å². The Balaban J connectivity index is 0.00000341. The quantitative estimate of drug-likeness (QED) is 0.235. The van der Waals surface area contributed by atoms with Gasteiger partial charge in [-0.3, -0.25) is 0 Å². The molecule has 0 aliphatic carbocycles. The van der Waals surface area contributed by atoms with E-state index in [-0.39, 0.29) is 30.1 Å². The summed E-state index contributed by atoms with van der Waals surface area (Å²) in [5.41, 5.74) is 2.99. The number of methoxy groups -OCH3 is 1. The van der Waals surface area contributed by atoms with E-state index in [1.165, 1.54) is 0 Å². The number of aromatic nitrogens is 3. The molecule has 1 N–H and O–H groups in total. The smallest absolute Gasteiger partial charge is 0.194 e. The van der Waals surface area contributed by atoms with E-state index in [1.807, 2.05) is 55.3 Å². The first-order valence-electron chi connectivity index (χ1n) is 9.76. The van der Waals surface area contributed by atoms with Crippen molar-refractivity contribution >= 4 is 52.9 Å². The molecule has 0 aliphatic rings. The molecule has 0 saturated heterocycles. The fourth-order valence-corrected chi connectivity index (χ4v) is 3.78. The van der Waals surface area contributed by atoms with E-state index in [0.29, 0.717) is 18.1 Å². The predicted octanol–water partition coefficient (Wildman–Crippen LogP) is 4.91. The van der Waals surface area contributed by atoms with Gasteiger partial charge in [-0.1, -0.05) is 11.6 Å². The van der Waals surface area contributed by atoms with Crippen molar-refractivity contribution in [3.8, 4) is 5.69 Å². The SMILES string of the molecule is CCNC(=NCc1cnn(-c2ccc(Cl)cc2)c1)N(C)Cc1csc(C(C)OC)n1.I. The Morgan fingerprint density at radius 2 is 2.10 bits per heavy atom. The molecule has 3 aromatic rings. The molecule has 7 nitrogen and oxygen atoms in total. The Morgan fingerprint density at radius 1 is 1.35 bits per heavy atom. The topological polar surface area (TPSA) is 67.6 Å². The molecule has 3 rings (SSSR count). The first-order valence-corrected chi connectivity index (χ1v) is 11.0. The van der Waals surface area contributed by atoms with Crippen molar-refractivity contribution < 1.29 is 4.74 Å². The van der Waals surface area contributed by atoms with Crippen LogP contribution in [0.4, 0.5) is 0 Å². The van der Waals surface area contributed by atoms with Crippen molar-refractivity contribution in [1.82, 2.24) is 25.0 Å². The minimum atomic E-state index is 0. The number of benzene rings is 1. The number of rotatable bonds is 8. The second-order valence-corrected chi connectivity index (χ2v) is 8.18. The lowest BCUT2D eigenvalue weighted by Crippen LogP contribution is -2.38. The van der Waals surface area contributed by atoms with E-state index < -0.39 is 0 Å². The average Bonchev–Trinajstić information content (AvgIpc) is 3.41. The van der Waals surface area contributed by atoms with E-state index in [2.05, 4.69) is 32.6 Å². The summed E-state index contributed by atoms with van der Waals surface area (Å²) in [5.74, 6) is 0.825. The number of thiazole rings is 1. The Kier molecular flexibility index (Phi) is 10.2. The van der Waals surface area contributed by atoms with Crippen molar-refractivity contribution in [2.45, 2.75) is 33.0 Å². The lowest BCUT2D eigenvalue weighted by molar-refractivity contribution is 0.119. The van der Waals surface area contributed by atoms with Crippen LogP contribution in [0, 0.1) is 0 Å². The van der Waals surface area contributed by atoms with Crippen molar-refractivity contribution in [2.24, 2.45) is 4.99 Å². The van der Waals surface area contributed by atoms with Gasteiger partial charge in [0.05, 0.1) is 30.7 Å². The van der Waals surface area contributed by atoms with Crippen LogP contribution in [-0.4, -0.2) is 46.3 Å². The normalized spacial score (nSPS) is 12.4. The van der Waals surface area contributed by atoms with Crippen LogP contribution in [0.1, 0.15) is 36.2 Å². The van der Waals surface area contributed by atoms with Crippen LogP contribution in [0.2, 0.25) is 5.02 Å². The number of aliphatic imine (C=N–C) groups is 1. The van der Waals surface area contributed by atoms with Crippen LogP contribution in [0.15, 0.2) is 47.0 Å². The second-order valence-electron chi connectivity index (χ2n) is 6.85. The molecule has 0 saturated carbocycles. The molecule has 168 valence electrons. The highest BCUT2D eigenvalue weighted by Crippen LogP contribution is 2.21. The molecule has 0 aliphatic heterocycles. The van der Waals surface area contributed by atoms with E-state index in [1.54, 1.807) is 18.4 Å². The molecule has 1 atom stereocenters. The van der Waals surface area contributed by atoms with Crippen LogP contribution in [0.25, 0.3) is 5.69 Å². The van der Waals surface area contributed by atoms with Gasteiger partial charge < -0.3 is 15.0 Å². The summed E-state index contributed by atoms with van der Waals surface area (Å²) >= 11 is 7.58. The average molecular weight is 575 g/mol. The third-order valence-electron chi connectivity index (χ3n) is 4.51. The molecule has 1 aromatic carbocycles. The number of hydrogen-bond donors (Lipinski definition) is 1. The number of guanidine groups is 1. The lowest BCUT2D eigenvalue weighted by atomic mass is 10.3. The van der Waals surface area contributed by atoms with Gasteiger partial charge in [0.25, 0.3) is 0 Å². The zero-order valence-corrected chi connectivity index (χ0v) is 22.0. The number of nitrogens with zero attached hydrogens (tertiary/aromatic N) is 5. The third-order valence-corrected chi connectivity index (χ3v) is 5.81. The van der Waals surface area contributed by atoms with Crippen LogP contribution >= 0.6 is 46.9 Å². The molecule has 0 fully saturated rings. The third kappa shape index (κ3) is 7.16. The van der Waals surface area contributed by atoms with Gasteiger partial charge in [0.15, 0.2) is 5.96 Å². The number of halogens is 2. The second kappa shape index (κ2) is 12.4. The maximum absolute atomic E-state index is 5.96. The van der Waals surface area contributed by atoms with Gasteiger partial charge in [-0.2, -0.15) is 5.10 Å². The highest BCUT2D eigenvalue weighted by molar-refractivity contribution is 14.0. The lowest BCUT2D eigenvalue weighted by Gasteiger charge is -2.21. The van der Waals surface area contributed by atoms with Gasteiger partial charge in [-0.25, -0.2) is 14.7 Å². The summed E-state index contributed by atoms with van der Waals surface area (Å²) in [4.78, 5) is 11.5. The summed E-state index contributed by atoms with van der Waals surface area (Å²) < 4.78 is 7.18. The predicted molar refractivity (Wildman–Crippen MR) is 138 cm³/mol. The molecule has 1 unspecified atom stereocenters. The number of nitrogens with one attached hydrogen (secondary N) is 1. The minimum Gasteiger partial charge on any atom is -0.375 e. The zero-order chi connectivity index (χ0) is 21.5. The van der Waals surface area contributed by atoms with Crippen molar-refractivity contribution in [1.29, 1.82) is 0 Å². The molecule has 2 aromatic heterocycles. The van der Waals surface area contributed by atoms with Gasteiger partial charge in [0.2, 0.25) is 0 Å². The molecule has 0 radical (unpaired) electrons. The summed E-state index contributed by atoms with van der Waals surface area (Å²) in [6, 6.07) is 7.58. The first-order chi connectivity index (χ1) is 14.5. The van der Waals surface area contributed by atoms with E-state index >= 15 is 0 Å². The summed E-state index contributed by atoms with van der Waals surface area (Å²) in [5, 5.41) is 11.5. The van der Waals surface area contributed by atoms with E-state index in [9.17, 15) is 0 Å². The minimum absolute atomic E-state index is 0. The Labute approximate surface area is 209 Å². The number of hydrogen-bond acceptors (Lipinski definition) is 5. The highest BCUT2D eigenvalue weighted by atomic mass is 127. The monoisotopic (exact) mass is 574 g/mol. The molecule has 0 amide bonds. The van der Waals surface area contributed by atoms with Crippen LogP contribution in [0.5, 0.6) is 0 Å². The zero-order valence-electron chi connectivity index (χ0n) is 18.1. The Hall–Kier alpha value is -1.69. The fourth-order valence-electron chi connectivity index (χ4n) is 2.81. The largest absolute Gasteiger partial charge is 0.375 e. The van der Waals surface area contributed by atoms with Gasteiger partial charge in [-0.05, 0) is 38.1 Å². The standard InChI is InChI=1S/C21H27ClN6OS.HI/c1-5-23-21(27(3)13-18-14-30-20(26-18)15(2)29-4)24-10-16-11-25-28(12-16)19-8-6-17(22)7-9-19;/h6-9,11-12,14-15H,5,10,13H2,1-4H3,(H,23,24);1H. The van der Waals surface area contributed by atoms with Crippen LogP contribution in [0.3, 0.4) is 0 Å². The number of ether oxygens (including phenoxy) is 1. The van der Waals surface area contributed by atoms with E-state index in [0.717, 1.165) is 34.5 Å². The molecular formula is C21H28ClIN6OS. The Morgan fingerprint density at radius 3 is 2.77 bits per heavy atom. The molecule has 10 heteroatoms. The van der Waals surface area contributed by atoms with Gasteiger partial charge in [0, 0.05) is 42.9 Å². The molecular weight excluding hydrogens is 547 g/mol. The molecule has 0 bridgehead atoms. The molecule has 31 heavy (non-hydrogen) atoms. The summed E-state index contributed by atoms with van der Waals surface area (Å²) in [6.07, 6.45) is 3.82. The van der Waals surface area contributed by atoms with Crippen molar-refractivity contribution in [3.05, 3.63) is 63.3 Å². The Bertz CT molecular complexity index is 974.